The van der Waals surface area contributed by atoms with Crippen molar-refractivity contribution in [3.05, 3.63) is 138 Å². The lowest BCUT2D eigenvalue weighted by Crippen LogP contribution is -2.22. The molecule has 0 amide bonds. The van der Waals surface area contributed by atoms with Gasteiger partial charge in [0.15, 0.2) is 0 Å². The Morgan fingerprint density at radius 3 is 1.94 bits per heavy atom. The molecule has 1 aliphatic carbocycles. The van der Waals surface area contributed by atoms with Gasteiger partial charge in [0, 0.05) is 18.8 Å². The highest BCUT2D eigenvalue weighted by Gasteiger charge is 2.16. The lowest BCUT2D eigenvalue weighted by atomic mass is 9.96. The molecule has 0 bridgehead atoms. The van der Waals surface area contributed by atoms with Gasteiger partial charge in [-0.1, -0.05) is 54.6 Å². The molecule has 0 saturated carbocycles. The number of allylic oxidation sites excluding steroid dienone is 5. The van der Waals surface area contributed by atoms with Crippen LogP contribution in [0.4, 0.5) is 5.69 Å². The third kappa shape index (κ3) is 10.2. The van der Waals surface area contributed by atoms with E-state index in [0.717, 1.165) is 22.4 Å². The van der Waals surface area contributed by atoms with E-state index >= 15 is 0 Å². The highest BCUT2D eigenvalue weighted by molar-refractivity contribution is 7.87. The molecule has 274 valence electrons. The van der Waals surface area contributed by atoms with Gasteiger partial charge < -0.3 is 10.4 Å². The third-order valence-corrected chi connectivity index (χ3v) is 11.0. The first-order valence-electron chi connectivity index (χ1n) is 15.8. The molecule has 52 heavy (non-hydrogen) atoms. The number of anilines is 1. The molecule has 0 spiro atoms. The summed E-state index contributed by atoms with van der Waals surface area (Å²) in [5.74, 6) is 0. The fraction of sp³-hybridized carbons (Fsp3) is 0.162. The first-order chi connectivity index (χ1) is 24.2. The molecule has 0 fully saturated rings. The zero-order valence-corrected chi connectivity index (χ0v) is 30.7. The largest absolute Gasteiger partial charge is 0.412 e. The molecule has 0 heterocycles. The number of nitrogens with zero attached hydrogens (tertiary/aromatic N) is 2. The summed E-state index contributed by atoms with van der Waals surface area (Å²) in [5, 5.41) is 0. The lowest BCUT2D eigenvalue weighted by Gasteiger charge is -2.25. The molecule has 0 aliphatic heterocycles. The van der Waals surface area contributed by atoms with Crippen LogP contribution in [0.15, 0.2) is 141 Å². The predicted molar refractivity (Wildman–Crippen MR) is 201 cm³/mol. The van der Waals surface area contributed by atoms with Crippen LogP contribution in [0.5, 0.6) is 0 Å². The van der Waals surface area contributed by atoms with Crippen LogP contribution in [0, 0.1) is 0 Å². The summed E-state index contributed by atoms with van der Waals surface area (Å²) in [5.41, 5.74) is 6.04. The zero-order chi connectivity index (χ0) is 36.8. The Labute approximate surface area is 304 Å². The summed E-state index contributed by atoms with van der Waals surface area (Å²) in [6, 6.07) is 24.3. The van der Waals surface area contributed by atoms with Gasteiger partial charge in [0.05, 0.1) is 33.5 Å². The molecule has 4 N–H and O–H groups in total. The number of benzene rings is 4. The van der Waals surface area contributed by atoms with Gasteiger partial charge >= 0.3 is 0 Å². The van der Waals surface area contributed by atoms with Crippen LogP contribution in [0.3, 0.4) is 0 Å². The fourth-order valence-corrected chi connectivity index (χ4v) is 7.41. The number of hydrogen-bond acceptors (Lipinski definition) is 9. The third-order valence-electron chi connectivity index (χ3n) is 7.94. The topological polar surface area (TPSA) is 199 Å². The van der Waals surface area contributed by atoms with Crippen LogP contribution in [0.25, 0.3) is 17.2 Å². The van der Waals surface area contributed by atoms with Gasteiger partial charge in [-0.15, -0.1) is 0 Å². The fourth-order valence-electron chi connectivity index (χ4n) is 5.39. The van der Waals surface area contributed by atoms with E-state index in [1.165, 1.54) is 30.3 Å². The highest BCUT2D eigenvalue weighted by atomic mass is 32.2. The first-order valence-corrected chi connectivity index (χ1v) is 20.1. The maximum absolute atomic E-state index is 12.3. The zero-order valence-electron chi connectivity index (χ0n) is 28.2. The molecule has 4 aromatic carbocycles. The van der Waals surface area contributed by atoms with Crippen molar-refractivity contribution in [1.82, 2.24) is 0 Å². The minimum atomic E-state index is -4.39. The summed E-state index contributed by atoms with van der Waals surface area (Å²) in [7, 11) is -12.6. The molecule has 0 saturated heterocycles. The van der Waals surface area contributed by atoms with Crippen LogP contribution >= 0.6 is 0 Å². The van der Waals surface area contributed by atoms with Crippen LogP contribution in [-0.4, -0.2) is 58.7 Å². The van der Waals surface area contributed by atoms with Gasteiger partial charge in [-0.3, -0.25) is 18.3 Å². The van der Waals surface area contributed by atoms with E-state index < -0.39 is 30.4 Å². The van der Waals surface area contributed by atoms with Crippen molar-refractivity contribution in [2.45, 2.75) is 41.6 Å². The Hall–Kier alpha value is -4.74. The Morgan fingerprint density at radius 1 is 0.712 bits per heavy atom. The average molecular weight is 767 g/mol. The minimum absolute atomic E-state index is 0. The first kappa shape index (κ1) is 40.0. The van der Waals surface area contributed by atoms with Crippen molar-refractivity contribution in [2.24, 2.45) is 4.99 Å². The molecular formula is C37H38N2O10S3. The van der Waals surface area contributed by atoms with Gasteiger partial charge in [0.1, 0.15) is 0 Å². The minimum Gasteiger partial charge on any atom is -0.412 e. The molecule has 12 nitrogen and oxygen atoms in total. The van der Waals surface area contributed by atoms with Crippen molar-refractivity contribution in [3.8, 4) is 11.1 Å². The Morgan fingerprint density at radius 2 is 1.33 bits per heavy atom. The molecule has 0 atom stereocenters. The van der Waals surface area contributed by atoms with E-state index in [2.05, 4.69) is 4.99 Å². The van der Waals surface area contributed by atoms with Crippen molar-refractivity contribution in [2.75, 3.05) is 18.1 Å². The summed E-state index contributed by atoms with van der Waals surface area (Å²) >= 11 is 0. The molecular weight excluding hydrogens is 729 g/mol. The number of hydrogen-bond donors (Lipinski definition) is 2. The van der Waals surface area contributed by atoms with E-state index in [0.29, 0.717) is 35.5 Å². The molecule has 0 aromatic heterocycles. The van der Waals surface area contributed by atoms with Crippen LogP contribution in [0.1, 0.15) is 30.5 Å². The summed E-state index contributed by atoms with van der Waals surface area (Å²) in [6.45, 7) is 4.79. The smallest absolute Gasteiger partial charge is 0.296 e. The van der Waals surface area contributed by atoms with Gasteiger partial charge in [0.2, 0.25) is 0 Å². The Balaban J connectivity index is 0.00000605. The average Bonchev–Trinajstić information content (AvgIpc) is 3.10. The van der Waals surface area contributed by atoms with Crippen LogP contribution < -0.4 is 4.90 Å². The SMILES string of the molecule is CCOS(=O)(=O)c1cccc(CN=C2C=CC(=Cc3ccc(N(CC)Cc4cccc(S(=O)(=O)O)c4)cc3-c3ccc(S(=O)(=O)O)cc3)C=C2)c1.O. The van der Waals surface area contributed by atoms with Crippen molar-refractivity contribution >= 4 is 47.8 Å². The van der Waals surface area contributed by atoms with Crippen molar-refractivity contribution < 1.29 is 44.0 Å². The van der Waals surface area contributed by atoms with E-state index in [1.54, 1.807) is 49.4 Å². The van der Waals surface area contributed by atoms with E-state index in [1.807, 2.05) is 60.4 Å². The van der Waals surface area contributed by atoms with E-state index in [9.17, 15) is 34.4 Å². The molecule has 5 rings (SSSR count). The normalized spacial score (nSPS) is 13.1. The Kier molecular flexibility index (Phi) is 12.9. The van der Waals surface area contributed by atoms with Crippen molar-refractivity contribution in [1.29, 1.82) is 0 Å². The summed E-state index contributed by atoms with van der Waals surface area (Å²) < 4.78 is 95.3. The van der Waals surface area contributed by atoms with Gasteiger partial charge in [-0.05, 0) is 114 Å². The van der Waals surface area contributed by atoms with Gasteiger partial charge in [0.25, 0.3) is 30.4 Å². The maximum atomic E-state index is 12.3. The Bertz CT molecular complexity index is 2370. The van der Waals surface area contributed by atoms with Crippen LogP contribution in [0.2, 0.25) is 0 Å². The van der Waals surface area contributed by atoms with Gasteiger partial charge in [-0.25, -0.2) is 0 Å². The molecule has 4 aromatic rings. The summed E-state index contributed by atoms with van der Waals surface area (Å²) in [4.78, 5) is 6.29. The molecule has 0 unspecified atom stereocenters. The monoisotopic (exact) mass is 766 g/mol. The summed E-state index contributed by atoms with van der Waals surface area (Å²) in [6.07, 6.45) is 9.46. The van der Waals surface area contributed by atoms with Crippen molar-refractivity contribution in [3.63, 3.8) is 0 Å². The number of rotatable bonds is 13. The second-order valence-electron chi connectivity index (χ2n) is 11.5. The quantitative estimate of drug-likeness (QED) is 0.122. The van der Waals surface area contributed by atoms with Crippen LogP contribution in [-0.2, 0) is 47.6 Å². The van der Waals surface area contributed by atoms with Gasteiger partial charge in [-0.2, -0.15) is 25.3 Å². The number of aliphatic imine (C=N–C) groups is 1. The standard InChI is InChI=1S/C37H36N2O9S3.H2O/c1-3-39(26-29-8-6-9-35(23-29)50(43,44)45)33-18-13-31(37(24-33)30-14-19-34(20-15-30)49(40,41)42)21-27-11-16-32(17-12-27)38-25-28-7-5-10-36(22-28)51(46,47)48-4-2;/h5-24H,3-4,25-26H2,1-2H3,(H,40,41,42)(H,43,44,45);1H2. The second kappa shape index (κ2) is 16.7. The predicted octanol–water partition coefficient (Wildman–Crippen LogP) is 5.92. The van der Waals surface area contributed by atoms with E-state index in [-0.39, 0.29) is 33.3 Å². The molecule has 15 heteroatoms. The lowest BCUT2D eigenvalue weighted by molar-refractivity contribution is 0.338. The molecule has 1 aliphatic rings. The molecule has 0 radical (unpaired) electrons. The van der Waals surface area contributed by atoms with E-state index in [4.69, 9.17) is 4.18 Å². The highest BCUT2D eigenvalue weighted by Crippen LogP contribution is 2.32. The maximum Gasteiger partial charge on any atom is 0.296 e. The second-order valence-corrected chi connectivity index (χ2v) is 15.9.